The van der Waals surface area contributed by atoms with E-state index in [-0.39, 0.29) is 5.91 Å². The maximum absolute atomic E-state index is 11.8. The van der Waals surface area contributed by atoms with Crippen molar-refractivity contribution in [2.45, 2.75) is 13.3 Å². The summed E-state index contributed by atoms with van der Waals surface area (Å²) in [5, 5.41) is 7.01. The minimum Gasteiger partial charge on any atom is -0.352 e. The van der Waals surface area contributed by atoms with Gasteiger partial charge in [0.15, 0.2) is 0 Å². The number of benzene rings is 1. The molecule has 0 atom stereocenters. The first-order valence-electron chi connectivity index (χ1n) is 6.30. The molecule has 1 heterocycles. The number of carbonyl (C=O) groups excluding carboxylic acids is 1. The quantitative estimate of drug-likeness (QED) is 0.659. The van der Waals surface area contributed by atoms with Crippen LogP contribution in [0.15, 0.2) is 54.9 Å². The van der Waals surface area contributed by atoms with Crippen LogP contribution in [-0.2, 0) is 0 Å². The fourth-order valence-corrected chi connectivity index (χ4v) is 1.72. The summed E-state index contributed by atoms with van der Waals surface area (Å²) in [4.78, 5) is 11.8. The van der Waals surface area contributed by atoms with Crippen molar-refractivity contribution in [3.05, 3.63) is 60.4 Å². The van der Waals surface area contributed by atoms with Gasteiger partial charge in [0.1, 0.15) is 0 Å². The molecule has 4 heteroatoms. The second-order valence-electron chi connectivity index (χ2n) is 4.11. The number of nitrogens with one attached hydrogen (secondary N) is 1. The van der Waals surface area contributed by atoms with Gasteiger partial charge >= 0.3 is 0 Å². The van der Waals surface area contributed by atoms with Gasteiger partial charge < -0.3 is 5.32 Å². The summed E-state index contributed by atoms with van der Waals surface area (Å²) in [6, 6.07) is 9.24. The zero-order valence-corrected chi connectivity index (χ0v) is 10.9. The van der Waals surface area contributed by atoms with Crippen molar-refractivity contribution in [1.82, 2.24) is 15.1 Å². The van der Waals surface area contributed by atoms with Crippen molar-refractivity contribution < 1.29 is 4.79 Å². The smallest absolute Gasteiger partial charge is 0.251 e. The molecule has 4 nitrogen and oxygen atoms in total. The molecule has 19 heavy (non-hydrogen) atoms. The molecule has 2 rings (SSSR count). The SMILES string of the molecule is C/C=C/CCNC(=O)c1ccc(-n2cccn2)cc1. The fraction of sp³-hybridized carbons (Fsp3) is 0.200. The maximum Gasteiger partial charge on any atom is 0.251 e. The number of hydrogen-bond donors (Lipinski definition) is 1. The molecule has 0 aliphatic carbocycles. The highest BCUT2D eigenvalue weighted by atomic mass is 16.1. The predicted octanol–water partition coefficient (Wildman–Crippen LogP) is 2.57. The van der Waals surface area contributed by atoms with E-state index in [1.165, 1.54) is 0 Å². The third-order valence-electron chi connectivity index (χ3n) is 2.73. The highest BCUT2D eigenvalue weighted by molar-refractivity contribution is 5.94. The maximum atomic E-state index is 11.8. The molecule has 0 aliphatic heterocycles. The van der Waals surface area contributed by atoms with E-state index in [1.807, 2.05) is 55.6 Å². The lowest BCUT2D eigenvalue weighted by molar-refractivity contribution is 0.0954. The minimum absolute atomic E-state index is 0.0449. The molecule has 0 bridgehead atoms. The van der Waals surface area contributed by atoms with E-state index in [0.717, 1.165) is 12.1 Å². The van der Waals surface area contributed by atoms with E-state index < -0.39 is 0 Å². The number of nitrogens with zero attached hydrogens (tertiary/aromatic N) is 2. The van der Waals surface area contributed by atoms with Gasteiger partial charge in [-0.3, -0.25) is 4.79 Å². The zero-order valence-electron chi connectivity index (χ0n) is 10.9. The van der Waals surface area contributed by atoms with Crippen LogP contribution in [-0.4, -0.2) is 22.2 Å². The first-order chi connectivity index (χ1) is 9.31. The highest BCUT2D eigenvalue weighted by Crippen LogP contribution is 2.08. The molecular weight excluding hydrogens is 238 g/mol. The van der Waals surface area contributed by atoms with Crippen molar-refractivity contribution in [1.29, 1.82) is 0 Å². The van der Waals surface area contributed by atoms with Crippen LogP contribution in [0, 0.1) is 0 Å². The monoisotopic (exact) mass is 255 g/mol. The molecule has 0 fully saturated rings. The van der Waals surface area contributed by atoms with Crippen LogP contribution in [0.3, 0.4) is 0 Å². The molecule has 0 saturated heterocycles. The molecule has 0 spiro atoms. The molecular formula is C15H17N3O. The largest absolute Gasteiger partial charge is 0.352 e. The van der Waals surface area contributed by atoms with E-state index in [9.17, 15) is 4.79 Å². The van der Waals surface area contributed by atoms with Crippen LogP contribution in [0.4, 0.5) is 0 Å². The summed E-state index contributed by atoms with van der Waals surface area (Å²) in [6.45, 7) is 2.62. The van der Waals surface area contributed by atoms with Gasteiger partial charge in [-0.05, 0) is 43.7 Å². The van der Waals surface area contributed by atoms with Crippen molar-refractivity contribution in [2.24, 2.45) is 0 Å². The second kappa shape index (κ2) is 6.54. The summed E-state index contributed by atoms with van der Waals surface area (Å²) >= 11 is 0. The molecule has 1 N–H and O–H groups in total. The number of allylic oxidation sites excluding steroid dienone is 1. The standard InChI is InChI=1S/C15H17N3O/c1-2-3-4-10-16-15(19)13-6-8-14(9-7-13)18-12-5-11-17-18/h2-3,5-9,11-12H,4,10H2,1H3,(H,16,19)/b3-2+. The number of rotatable bonds is 5. The average Bonchev–Trinajstić information content (AvgIpc) is 2.98. The molecule has 0 saturated carbocycles. The van der Waals surface area contributed by atoms with Crippen molar-refractivity contribution in [2.75, 3.05) is 6.54 Å². The van der Waals surface area contributed by atoms with Crippen molar-refractivity contribution in [3.63, 3.8) is 0 Å². The van der Waals surface area contributed by atoms with E-state index >= 15 is 0 Å². The van der Waals surface area contributed by atoms with E-state index in [0.29, 0.717) is 12.1 Å². The third kappa shape index (κ3) is 3.55. The van der Waals surface area contributed by atoms with E-state index in [4.69, 9.17) is 0 Å². The molecule has 0 radical (unpaired) electrons. The third-order valence-corrected chi connectivity index (χ3v) is 2.73. The van der Waals surface area contributed by atoms with Gasteiger partial charge in [-0.1, -0.05) is 12.2 Å². The summed E-state index contributed by atoms with van der Waals surface area (Å²) in [5.41, 5.74) is 1.60. The van der Waals surface area contributed by atoms with E-state index in [1.54, 1.807) is 10.9 Å². The van der Waals surface area contributed by atoms with Gasteiger partial charge in [-0.25, -0.2) is 4.68 Å². The minimum atomic E-state index is -0.0449. The van der Waals surface area contributed by atoms with Gasteiger partial charge in [-0.2, -0.15) is 5.10 Å². The fourth-order valence-electron chi connectivity index (χ4n) is 1.72. The number of amides is 1. The Labute approximate surface area is 112 Å². The molecule has 0 unspecified atom stereocenters. The lowest BCUT2D eigenvalue weighted by Gasteiger charge is -2.05. The Balaban J connectivity index is 1.96. The second-order valence-corrected chi connectivity index (χ2v) is 4.11. The molecule has 1 aromatic carbocycles. The van der Waals surface area contributed by atoms with Gasteiger partial charge in [0.05, 0.1) is 5.69 Å². The van der Waals surface area contributed by atoms with Crippen LogP contribution < -0.4 is 5.32 Å². The molecule has 1 aromatic heterocycles. The first kappa shape index (κ1) is 13.1. The average molecular weight is 255 g/mol. The molecule has 2 aromatic rings. The van der Waals surface area contributed by atoms with Crippen LogP contribution in [0.25, 0.3) is 5.69 Å². The molecule has 0 aliphatic rings. The Kier molecular flexibility index (Phi) is 4.50. The summed E-state index contributed by atoms with van der Waals surface area (Å²) in [7, 11) is 0. The first-order valence-corrected chi connectivity index (χ1v) is 6.30. The Bertz CT molecular complexity index is 541. The Morgan fingerprint density at radius 2 is 2.16 bits per heavy atom. The van der Waals surface area contributed by atoms with E-state index in [2.05, 4.69) is 10.4 Å². The lowest BCUT2D eigenvalue weighted by Crippen LogP contribution is -2.24. The number of carbonyl (C=O) groups is 1. The lowest BCUT2D eigenvalue weighted by atomic mass is 10.2. The number of aromatic nitrogens is 2. The van der Waals surface area contributed by atoms with Crippen molar-refractivity contribution >= 4 is 5.91 Å². The van der Waals surface area contributed by atoms with Crippen LogP contribution in [0.2, 0.25) is 0 Å². The Morgan fingerprint density at radius 3 is 2.79 bits per heavy atom. The molecule has 98 valence electrons. The van der Waals surface area contributed by atoms with Gasteiger partial charge in [0.25, 0.3) is 5.91 Å². The highest BCUT2D eigenvalue weighted by Gasteiger charge is 2.04. The summed E-state index contributed by atoms with van der Waals surface area (Å²) in [5.74, 6) is -0.0449. The zero-order chi connectivity index (χ0) is 13.5. The topological polar surface area (TPSA) is 46.9 Å². The van der Waals surface area contributed by atoms with Crippen molar-refractivity contribution in [3.8, 4) is 5.69 Å². The Morgan fingerprint density at radius 1 is 1.37 bits per heavy atom. The number of hydrogen-bond acceptors (Lipinski definition) is 2. The summed E-state index contributed by atoms with van der Waals surface area (Å²) < 4.78 is 1.76. The van der Waals surface area contributed by atoms with Gasteiger partial charge in [0, 0.05) is 24.5 Å². The van der Waals surface area contributed by atoms with Gasteiger partial charge in [0.2, 0.25) is 0 Å². The molecule has 1 amide bonds. The van der Waals surface area contributed by atoms with Crippen LogP contribution in [0.1, 0.15) is 23.7 Å². The normalized spacial score (nSPS) is 10.8. The van der Waals surface area contributed by atoms with Crippen LogP contribution >= 0.6 is 0 Å². The van der Waals surface area contributed by atoms with Gasteiger partial charge in [-0.15, -0.1) is 0 Å². The summed E-state index contributed by atoms with van der Waals surface area (Å²) in [6.07, 6.45) is 8.45. The van der Waals surface area contributed by atoms with Crippen LogP contribution in [0.5, 0.6) is 0 Å². The Hall–Kier alpha value is -2.36. The predicted molar refractivity (Wildman–Crippen MR) is 75.3 cm³/mol.